The lowest BCUT2D eigenvalue weighted by Gasteiger charge is -1.99. The molecule has 0 saturated carbocycles. The van der Waals surface area contributed by atoms with E-state index in [0.717, 1.165) is 0 Å². The molecule has 0 aliphatic rings. The molecule has 7 heteroatoms. The summed E-state index contributed by atoms with van der Waals surface area (Å²) in [7, 11) is 1.28. The molecule has 0 unspecified atom stereocenters. The van der Waals surface area contributed by atoms with Crippen molar-refractivity contribution in [3.05, 3.63) is 44.5 Å². The van der Waals surface area contributed by atoms with Crippen molar-refractivity contribution in [2.45, 2.75) is 0 Å². The molecule has 0 bridgehead atoms. The Balaban J connectivity index is 2.45. The number of thiophene rings is 1. The van der Waals surface area contributed by atoms with Crippen LogP contribution in [0.15, 0.2) is 28.5 Å². The number of nitrogens with one attached hydrogen (secondary N) is 1. The van der Waals surface area contributed by atoms with Gasteiger partial charge in [0.2, 0.25) is 0 Å². The Morgan fingerprint density at radius 1 is 1.32 bits per heavy atom. The number of rotatable bonds is 3. The van der Waals surface area contributed by atoms with Crippen molar-refractivity contribution in [3.8, 4) is 11.1 Å². The third-order valence-corrected chi connectivity index (χ3v) is 3.36. The number of H-pyrrole nitrogens is 1. The standard InChI is InChI=1S/C12H9NO5S/c1-18-12(17)9-3-7(5-19-9)6-2-8(11(15)16)10(14)13-4-6/h2-5H,1H3,(H,13,14)(H,15,16). The molecule has 19 heavy (non-hydrogen) atoms. The first kappa shape index (κ1) is 13.0. The summed E-state index contributed by atoms with van der Waals surface area (Å²) in [5.74, 6) is -1.76. The monoisotopic (exact) mass is 279 g/mol. The van der Waals surface area contributed by atoms with Gasteiger partial charge in [0, 0.05) is 6.20 Å². The van der Waals surface area contributed by atoms with Crippen LogP contribution in [0.2, 0.25) is 0 Å². The summed E-state index contributed by atoms with van der Waals surface area (Å²) in [5, 5.41) is 10.6. The minimum Gasteiger partial charge on any atom is -0.477 e. The molecule has 2 N–H and O–H groups in total. The van der Waals surface area contributed by atoms with Crippen LogP contribution in [0, 0.1) is 0 Å². The van der Waals surface area contributed by atoms with Crippen molar-refractivity contribution < 1.29 is 19.4 Å². The predicted octanol–water partition coefficient (Wildman–Crippen LogP) is 1.59. The number of aromatic amines is 1. The fourth-order valence-corrected chi connectivity index (χ4v) is 2.34. The van der Waals surface area contributed by atoms with Gasteiger partial charge in [0.05, 0.1) is 7.11 Å². The molecule has 2 heterocycles. The summed E-state index contributed by atoms with van der Waals surface area (Å²) >= 11 is 1.18. The zero-order valence-electron chi connectivity index (χ0n) is 9.80. The second-order valence-electron chi connectivity index (χ2n) is 3.63. The second kappa shape index (κ2) is 5.07. The van der Waals surface area contributed by atoms with Crippen LogP contribution in [0.4, 0.5) is 0 Å². The minimum absolute atomic E-state index is 0.344. The quantitative estimate of drug-likeness (QED) is 0.832. The number of ether oxygens (including phenoxy) is 1. The SMILES string of the molecule is COC(=O)c1cc(-c2c[nH]c(=O)c(C(=O)O)c2)cs1. The summed E-state index contributed by atoms with van der Waals surface area (Å²) in [6.45, 7) is 0. The van der Waals surface area contributed by atoms with Crippen LogP contribution < -0.4 is 5.56 Å². The molecule has 0 fully saturated rings. The Morgan fingerprint density at radius 3 is 2.68 bits per heavy atom. The Morgan fingerprint density at radius 2 is 2.05 bits per heavy atom. The van der Waals surface area contributed by atoms with Gasteiger partial charge in [0.25, 0.3) is 5.56 Å². The molecule has 0 aromatic carbocycles. The smallest absolute Gasteiger partial charge is 0.348 e. The zero-order chi connectivity index (χ0) is 14.0. The average Bonchev–Trinajstić information content (AvgIpc) is 2.87. The van der Waals surface area contributed by atoms with Crippen LogP contribution in [0.25, 0.3) is 11.1 Å². The highest BCUT2D eigenvalue weighted by molar-refractivity contribution is 7.12. The van der Waals surface area contributed by atoms with Gasteiger partial charge in [-0.1, -0.05) is 0 Å². The van der Waals surface area contributed by atoms with Crippen molar-refractivity contribution in [2.24, 2.45) is 0 Å². The van der Waals surface area contributed by atoms with Gasteiger partial charge in [0.15, 0.2) is 0 Å². The maximum Gasteiger partial charge on any atom is 0.348 e. The minimum atomic E-state index is -1.30. The number of hydrogen-bond donors (Lipinski definition) is 2. The normalized spacial score (nSPS) is 10.2. The molecule has 2 aromatic heterocycles. The van der Waals surface area contributed by atoms with Crippen molar-refractivity contribution >= 4 is 23.3 Å². The lowest BCUT2D eigenvalue weighted by Crippen LogP contribution is -2.16. The maximum absolute atomic E-state index is 11.3. The number of hydrogen-bond acceptors (Lipinski definition) is 5. The van der Waals surface area contributed by atoms with E-state index >= 15 is 0 Å². The topological polar surface area (TPSA) is 96.5 Å². The summed E-state index contributed by atoms with van der Waals surface area (Å²) < 4.78 is 4.59. The van der Waals surface area contributed by atoms with Gasteiger partial charge >= 0.3 is 11.9 Å². The molecular weight excluding hydrogens is 270 g/mol. The molecule has 2 aromatic rings. The molecule has 2 rings (SSSR count). The first-order chi connectivity index (χ1) is 9.02. The largest absolute Gasteiger partial charge is 0.477 e. The summed E-state index contributed by atoms with van der Waals surface area (Å²) in [6.07, 6.45) is 1.40. The zero-order valence-corrected chi connectivity index (χ0v) is 10.6. The fourth-order valence-electron chi connectivity index (χ4n) is 1.50. The number of aromatic nitrogens is 1. The van der Waals surface area contributed by atoms with Gasteiger partial charge in [-0.25, -0.2) is 9.59 Å². The van der Waals surface area contributed by atoms with Gasteiger partial charge < -0.3 is 14.8 Å². The molecule has 0 atom stereocenters. The molecule has 0 amide bonds. The van der Waals surface area contributed by atoms with Gasteiger partial charge in [-0.2, -0.15) is 0 Å². The van der Waals surface area contributed by atoms with E-state index in [1.807, 2.05) is 0 Å². The molecule has 0 radical (unpaired) electrons. The predicted molar refractivity (Wildman–Crippen MR) is 68.7 cm³/mol. The van der Waals surface area contributed by atoms with E-state index in [1.54, 1.807) is 11.4 Å². The van der Waals surface area contributed by atoms with E-state index < -0.39 is 17.5 Å². The number of methoxy groups -OCH3 is 1. The number of carbonyl (C=O) groups excluding carboxylic acids is 1. The van der Waals surface area contributed by atoms with Gasteiger partial charge in [-0.3, -0.25) is 4.79 Å². The van der Waals surface area contributed by atoms with E-state index in [4.69, 9.17) is 5.11 Å². The molecular formula is C12H9NO5S. The first-order valence-corrected chi connectivity index (χ1v) is 6.04. The van der Waals surface area contributed by atoms with E-state index in [1.165, 1.54) is 30.7 Å². The van der Waals surface area contributed by atoms with E-state index in [9.17, 15) is 14.4 Å². The maximum atomic E-state index is 11.3. The number of carboxylic acid groups (broad SMARTS) is 1. The van der Waals surface area contributed by atoms with Crippen LogP contribution in [-0.2, 0) is 4.74 Å². The Labute approximate surface area is 111 Å². The number of esters is 1. The second-order valence-corrected chi connectivity index (χ2v) is 4.54. The Bertz CT molecular complexity index is 700. The third-order valence-electron chi connectivity index (χ3n) is 2.45. The van der Waals surface area contributed by atoms with Crippen LogP contribution in [0.5, 0.6) is 0 Å². The molecule has 0 aliphatic carbocycles. The molecule has 0 saturated heterocycles. The molecule has 98 valence electrons. The van der Waals surface area contributed by atoms with E-state index in [-0.39, 0.29) is 5.56 Å². The van der Waals surface area contributed by atoms with Crippen molar-refractivity contribution in [1.29, 1.82) is 0 Å². The summed E-state index contributed by atoms with van der Waals surface area (Å²) in [5.41, 5.74) is 0.149. The Hall–Kier alpha value is -2.41. The number of carbonyl (C=O) groups is 2. The van der Waals surface area contributed by atoms with Crippen molar-refractivity contribution in [3.63, 3.8) is 0 Å². The highest BCUT2D eigenvalue weighted by Crippen LogP contribution is 2.25. The van der Waals surface area contributed by atoms with Crippen LogP contribution in [0.3, 0.4) is 0 Å². The lowest BCUT2D eigenvalue weighted by molar-refractivity contribution is 0.0605. The summed E-state index contributed by atoms with van der Waals surface area (Å²) in [6, 6.07) is 2.85. The number of pyridine rings is 1. The van der Waals surface area contributed by atoms with Gasteiger partial charge in [-0.05, 0) is 28.6 Å². The fraction of sp³-hybridized carbons (Fsp3) is 0.0833. The lowest BCUT2D eigenvalue weighted by atomic mass is 10.1. The summed E-state index contributed by atoms with van der Waals surface area (Å²) in [4.78, 5) is 36.2. The molecule has 0 spiro atoms. The van der Waals surface area contributed by atoms with Crippen molar-refractivity contribution in [2.75, 3.05) is 7.11 Å². The average molecular weight is 279 g/mol. The highest BCUT2D eigenvalue weighted by atomic mass is 32.1. The van der Waals surface area contributed by atoms with Crippen LogP contribution >= 0.6 is 11.3 Å². The molecule has 0 aliphatic heterocycles. The number of carboxylic acids is 1. The van der Waals surface area contributed by atoms with Gasteiger partial charge in [0.1, 0.15) is 10.4 Å². The van der Waals surface area contributed by atoms with Crippen molar-refractivity contribution in [1.82, 2.24) is 4.98 Å². The van der Waals surface area contributed by atoms with E-state index in [2.05, 4.69) is 9.72 Å². The third kappa shape index (κ3) is 2.55. The molecule has 6 nitrogen and oxygen atoms in total. The number of aromatic carboxylic acids is 1. The Kier molecular flexibility index (Phi) is 3.48. The van der Waals surface area contributed by atoms with E-state index in [0.29, 0.717) is 16.0 Å². The van der Waals surface area contributed by atoms with Crippen LogP contribution in [0.1, 0.15) is 20.0 Å². The van der Waals surface area contributed by atoms with Crippen LogP contribution in [-0.4, -0.2) is 29.1 Å². The van der Waals surface area contributed by atoms with Gasteiger partial charge in [-0.15, -0.1) is 11.3 Å². The first-order valence-electron chi connectivity index (χ1n) is 5.16. The highest BCUT2D eigenvalue weighted by Gasteiger charge is 2.13.